The molecule has 132 valence electrons. The molecule has 3 rings (SSSR count). The molecular formula is C18H23N5O2. The van der Waals surface area contributed by atoms with Crippen LogP contribution in [0.4, 0.5) is 17.5 Å². The highest BCUT2D eigenvalue weighted by molar-refractivity contribution is 5.89. The summed E-state index contributed by atoms with van der Waals surface area (Å²) in [4.78, 5) is 25.2. The minimum atomic E-state index is -0.351. The predicted octanol–water partition coefficient (Wildman–Crippen LogP) is 2.07. The number of hydrogen-bond acceptors (Lipinski definition) is 7. The second-order valence-electron chi connectivity index (χ2n) is 6.18. The Morgan fingerprint density at radius 1 is 1.12 bits per heavy atom. The van der Waals surface area contributed by atoms with Crippen molar-refractivity contribution in [3.8, 4) is 0 Å². The molecule has 0 atom stereocenters. The van der Waals surface area contributed by atoms with Crippen LogP contribution in [0.25, 0.3) is 0 Å². The van der Waals surface area contributed by atoms with E-state index in [2.05, 4.69) is 32.1 Å². The van der Waals surface area contributed by atoms with Gasteiger partial charge in [0.05, 0.1) is 12.7 Å². The number of likely N-dealkylation sites (N-methyl/N-ethyl adjacent to an activating group) is 1. The van der Waals surface area contributed by atoms with Gasteiger partial charge in [0, 0.05) is 43.6 Å². The van der Waals surface area contributed by atoms with E-state index in [1.807, 2.05) is 25.1 Å². The summed E-state index contributed by atoms with van der Waals surface area (Å²) < 4.78 is 4.71. The summed E-state index contributed by atoms with van der Waals surface area (Å²) in [5.41, 5.74) is 2.25. The number of methoxy groups -OCH3 is 1. The van der Waals surface area contributed by atoms with Crippen LogP contribution in [0.15, 0.2) is 30.3 Å². The van der Waals surface area contributed by atoms with Crippen LogP contribution in [0.3, 0.4) is 0 Å². The molecule has 0 radical (unpaired) electrons. The van der Waals surface area contributed by atoms with Crippen LogP contribution < -0.4 is 10.2 Å². The highest BCUT2D eigenvalue weighted by Crippen LogP contribution is 2.20. The molecule has 25 heavy (non-hydrogen) atoms. The van der Waals surface area contributed by atoms with E-state index >= 15 is 0 Å². The average Bonchev–Trinajstić information content (AvgIpc) is 2.62. The SMILES string of the molecule is COC(=O)c1ccc(Nc2nc(C)cc(N3CCN(C)CC3)n2)cc1. The zero-order chi connectivity index (χ0) is 17.8. The van der Waals surface area contributed by atoms with Crippen LogP contribution in [0.1, 0.15) is 16.1 Å². The van der Waals surface area contributed by atoms with E-state index in [0.717, 1.165) is 43.4 Å². The summed E-state index contributed by atoms with van der Waals surface area (Å²) >= 11 is 0. The maximum Gasteiger partial charge on any atom is 0.337 e. The first-order valence-corrected chi connectivity index (χ1v) is 8.30. The molecule has 0 bridgehead atoms. The van der Waals surface area contributed by atoms with Gasteiger partial charge in [-0.25, -0.2) is 9.78 Å². The number of carbonyl (C=O) groups excluding carboxylic acids is 1. The normalized spacial score (nSPS) is 15.1. The summed E-state index contributed by atoms with van der Waals surface area (Å²) in [5, 5.41) is 3.21. The average molecular weight is 341 g/mol. The summed E-state index contributed by atoms with van der Waals surface area (Å²) in [7, 11) is 3.50. The van der Waals surface area contributed by atoms with E-state index in [9.17, 15) is 4.79 Å². The van der Waals surface area contributed by atoms with Crippen LogP contribution in [-0.2, 0) is 4.74 Å². The van der Waals surface area contributed by atoms with E-state index in [-0.39, 0.29) is 5.97 Å². The van der Waals surface area contributed by atoms with Crippen LogP contribution in [0.5, 0.6) is 0 Å². The fourth-order valence-corrected chi connectivity index (χ4v) is 2.74. The van der Waals surface area contributed by atoms with Gasteiger partial charge in [-0.15, -0.1) is 0 Å². The molecule has 1 aromatic carbocycles. The molecule has 1 aromatic heterocycles. The largest absolute Gasteiger partial charge is 0.465 e. The molecule has 0 saturated carbocycles. The van der Waals surface area contributed by atoms with Gasteiger partial charge in [0.1, 0.15) is 5.82 Å². The summed E-state index contributed by atoms with van der Waals surface area (Å²) in [6.07, 6.45) is 0. The number of ether oxygens (including phenoxy) is 1. The zero-order valence-electron chi connectivity index (χ0n) is 14.8. The Kier molecular flexibility index (Phi) is 5.14. The second-order valence-corrected chi connectivity index (χ2v) is 6.18. The van der Waals surface area contributed by atoms with Gasteiger partial charge >= 0.3 is 5.97 Å². The van der Waals surface area contributed by atoms with Crippen molar-refractivity contribution in [1.29, 1.82) is 0 Å². The Labute approximate surface area is 147 Å². The van der Waals surface area contributed by atoms with Gasteiger partial charge in [-0.05, 0) is 38.2 Å². The van der Waals surface area contributed by atoms with E-state index in [1.54, 1.807) is 12.1 Å². The van der Waals surface area contributed by atoms with Gasteiger partial charge in [-0.3, -0.25) is 0 Å². The monoisotopic (exact) mass is 341 g/mol. The Morgan fingerprint density at radius 2 is 1.80 bits per heavy atom. The molecule has 2 aromatic rings. The van der Waals surface area contributed by atoms with Crippen molar-refractivity contribution in [2.45, 2.75) is 6.92 Å². The van der Waals surface area contributed by atoms with E-state index < -0.39 is 0 Å². The second kappa shape index (κ2) is 7.48. The van der Waals surface area contributed by atoms with Gasteiger partial charge < -0.3 is 19.9 Å². The molecule has 7 nitrogen and oxygen atoms in total. The molecule has 0 unspecified atom stereocenters. The first-order chi connectivity index (χ1) is 12.0. The fourth-order valence-electron chi connectivity index (χ4n) is 2.74. The number of carbonyl (C=O) groups is 1. The fraction of sp³-hybridized carbons (Fsp3) is 0.389. The van der Waals surface area contributed by atoms with Crippen molar-refractivity contribution < 1.29 is 9.53 Å². The molecular weight excluding hydrogens is 318 g/mol. The van der Waals surface area contributed by atoms with Crippen molar-refractivity contribution in [2.75, 3.05) is 50.6 Å². The number of aromatic nitrogens is 2. The number of esters is 1. The quantitative estimate of drug-likeness (QED) is 0.854. The van der Waals surface area contributed by atoms with E-state index in [1.165, 1.54) is 7.11 Å². The maximum absolute atomic E-state index is 11.5. The maximum atomic E-state index is 11.5. The molecule has 0 spiro atoms. The molecule has 1 N–H and O–H groups in total. The smallest absolute Gasteiger partial charge is 0.337 e. The minimum absolute atomic E-state index is 0.351. The Bertz CT molecular complexity index is 740. The highest BCUT2D eigenvalue weighted by atomic mass is 16.5. The summed E-state index contributed by atoms with van der Waals surface area (Å²) in [5.74, 6) is 1.14. The number of aryl methyl sites for hydroxylation is 1. The third-order valence-corrected chi connectivity index (χ3v) is 4.23. The lowest BCUT2D eigenvalue weighted by Gasteiger charge is -2.33. The highest BCUT2D eigenvalue weighted by Gasteiger charge is 2.16. The predicted molar refractivity (Wildman–Crippen MR) is 97.5 cm³/mol. The molecule has 2 heterocycles. The van der Waals surface area contributed by atoms with Crippen LogP contribution in [-0.4, -0.2) is 61.2 Å². The van der Waals surface area contributed by atoms with Gasteiger partial charge in [0.2, 0.25) is 5.95 Å². The molecule has 7 heteroatoms. The number of nitrogens with one attached hydrogen (secondary N) is 1. The Balaban J connectivity index is 1.75. The van der Waals surface area contributed by atoms with Crippen LogP contribution in [0.2, 0.25) is 0 Å². The number of benzene rings is 1. The minimum Gasteiger partial charge on any atom is -0.465 e. The van der Waals surface area contributed by atoms with Gasteiger partial charge in [-0.2, -0.15) is 4.98 Å². The van der Waals surface area contributed by atoms with Crippen LogP contribution in [0, 0.1) is 6.92 Å². The molecule has 1 aliphatic rings. The zero-order valence-corrected chi connectivity index (χ0v) is 14.8. The lowest BCUT2D eigenvalue weighted by molar-refractivity contribution is 0.0601. The summed E-state index contributed by atoms with van der Waals surface area (Å²) in [6, 6.07) is 9.06. The number of hydrogen-bond donors (Lipinski definition) is 1. The first kappa shape index (κ1) is 17.2. The molecule has 0 aliphatic carbocycles. The van der Waals surface area contributed by atoms with Crippen molar-refractivity contribution >= 4 is 23.4 Å². The van der Waals surface area contributed by atoms with Crippen LogP contribution >= 0.6 is 0 Å². The molecule has 1 aliphatic heterocycles. The third kappa shape index (κ3) is 4.24. The van der Waals surface area contributed by atoms with Crippen molar-refractivity contribution in [1.82, 2.24) is 14.9 Å². The lowest BCUT2D eigenvalue weighted by atomic mass is 10.2. The van der Waals surface area contributed by atoms with Crippen molar-refractivity contribution in [3.63, 3.8) is 0 Å². The van der Waals surface area contributed by atoms with Gasteiger partial charge in [0.15, 0.2) is 0 Å². The topological polar surface area (TPSA) is 70.6 Å². The van der Waals surface area contributed by atoms with Crippen molar-refractivity contribution in [2.24, 2.45) is 0 Å². The van der Waals surface area contributed by atoms with Gasteiger partial charge in [0.25, 0.3) is 0 Å². The lowest BCUT2D eigenvalue weighted by Crippen LogP contribution is -2.44. The number of anilines is 3. The first-order valence-electron chi connectivity index (χ1n) is 8.30. The summed E-state index contributed by atoms with van der Waals surface area (Å²) in [6.45, 7) is 5.94. The number of rotatable bonds is 4. The van der Waals surface area contributed by atoms with E-state index in [4.69, 9.17) is 4.74 Å². The molecule has 1 fully saturated rings. The molecule has 1 saturated heterocycles. The standard InChI is InChI=1S/C18H23N5O2/c1-13-12-16(23-10-8-22(2)9-11-23)21-18(19-13)20-15-6-4-14(5-7-15)17(24)25-3/h4-7,12H,8-11H2,1-3H3,(H,19,20,21). The number of nitrogens with zero attached hydrogens (tertiary/aromatic N) is 4. The Hall–Kier alpha value is -2.67. The molecule has 0 amide bonds. The third-order valence-electron chi connectivity index (χ3n) is 4.23. The number of piperazine rings is 1. The van der Waals surface area contributed by atoms with E-state index in [0.29, 0.717) is 11.5 Å². The van der Waals surface area contributed by atoms with Gasteiger partial charge in [-0.1, -0.05) is 0 Å². The Morgan fingerprint density at radius 3 is 2.44 bits per heavy atom. The van der Waals surface area contributed by atoms with Crippen molar-refractivity contribution in [3.05, 3.63) is 41.6 Å².